The molecule has 1 unspecified atom stereocenters. The molecule has 3 nitrogen and oxygen atoms in total. The van der Waals surface area contributed by atoms with Gasteiger partial charge >= 0.3 is 0 Å². The Morgan fingerprint density at radius 3 is 2.76 bits per heavy atom. The maximum absolute atomic E-state index is 13.3. The van der Waals surface area contributed by atoms with E-state index < -0.39 is 0 Å². The summed E-state index contributed by atoms with van der Waals surface area (Å²) in [6, 6.07) is 3.12. The van der Waals surface area contributed by atoms with Crippen LogP contribution in [0.3, 0.4) is 0 Å². The minimum Gasteiger partial charge on any atom is -0.220 e. The van der Waals surface area contributed by atoms with Crippen molar-refractivity contribution in [2.75, 3.05) is 0 Å². The smallest absolute Gasteiger partial charge is 0.137 e. The summed E-state index contributed by atoms with van der Waals surface area (Å²) in [5, 5.41) is 7.73. The first-order valence-corrected chi connectivity index (χ1v) is 6.24. The zero-order chi connectivity index (χ0) is 12.6. The fourth-order valence-corrected chi connectivity index (χ4v) is 1.89. The summed E-state index contributed by atoms with van der Waals surface area (Å²) < 4.78 is 15.3. The van der Waals surface area contributed by atoms with E-state index in [4.69, 9.17) is 11.6 Å². The molecule has 0 spiro atoms. The van der Waals surface area contributed by atoms with Crippen LogP contribution in [-0.2, 0) is 0 Å². The number of benzene rings is 1. The van der Waals surface area contributed by atoms with Gasteiger partial charge in [-0.3, -0.25) is 0 Å². The third-order valence-electron chi connectivity index (χ3n) is 2.40. The van der Waals surface area contributed by atoms with Gasteiger partial charge in [-0.2, -0.15) is 0 Å². The molecule has 1 aromatic heterocycles. The molecule has 0 aliphatic carbocycles. The van der Waals surface area contributed by atoms with Crippen molar-refractivity contribution in [1.29, 1.82) is 0 Å². The summed E-state index contributed by atoms with van der Waals surface area (Å²) in [4.78, 5) is 0. The van der Waals surface area contributed by atoms with E-state index in [0.717, 1.165) is 11.3 Å². The predicted molar refractivity (Wildman–Crippen MR) is 68.0 cm³/mol. The quantitative estimate of drug-likeness (QED) is 0.789. The molecular formula is C11H10BrClFN3. The minimum absolute atomic E-state index is 0.201. The molecular weight excluding hydrogens is 308 g/mol. The number of aromatic nitrogens is 3. The highest BCUT2D eigenvalue weighted by Gasteiger charge is 2.11. The minimum atomic E-state index is -0.294. The van der Waals surface area contributed by atoms with Crippen molar-refractivity contribution in [2.24, 2.45) is 0 Å². The van der Waals surface area contributed by atoms with Gasteiger partial charge in [0.15, 0.2) is 0 Å². The molecule has 0 fully saturated rings. The van der Waals surface area contributed by atoms with Crippen molar-refractivity contribution in [2.45, 2.75) is 19.2 Å². The molecule has 0 radical (unpaired) electrons. The molecule has 0 saturated heterocycles. The van der Waals surface area contributed by atoms with Gasteiger partial charge < -0.3 is 0 Å². The summed E-state index contributed by atoms with van der Waals surface area (Å²) in [5.41, 5.74) is 2.24. The summed E-state index contributed by atoms with van der Waals surface area (Å²) in [6.07, 6.45) is 1.74. The maximum atomic E-state index is 13.3. The van der Waals surface area contributed by atoms with Gasteiger partial charge in [-0.05, 0) is 47.5 Å². The van der Waals surface area contributed by atoms with Crippen molar-refractivity contribution < 1.29 is 4.39 Å². The Kier molecular flexibility index (Phi) is 3.49. The Balaban J connectivity index is 2.49. The average Bonchev–Trinajstić information content (AvgIpc) is 2.72. The summed E-state index contributed by atoms with van der Waals surface area (Å²) in [5.74, 6) is -0.294. The molecule has 0 bridgehead atoms. The van der Waals surface area contributed by atoms with Crippen LogP contribution < -0.4 is 0 Å². The second-order valence-electron chi connectivity index (χ2n) is 3.76. The average molecular weight is 319 g/mol. The zero-order valence-corrected chi connectivity index (χ0v) is 11.6. The first-order chi connectivity index (χ1) is 7.99. The first-order valence-electron chi connectivity index (χ1n) is 5.01. The van der Waals surface area contributed by atoms with Gasteiger partial charge in [-0.15, -0.1) is 16.7 Å². The molecule has 2 aromatic rings. The van der Waals surface area contributed by atoms with E-state index in [1.165, 1.54) is 6.07 Å². The van der Waals surface area contributed by atoms with Crippen LogP contribution in [0.1, 0.15) is 23.6 Å². The van der Waals surface area contributed by atoms with Gasteiger partial charge in [-0.1, -0.05) is 5.21 Å². The Morgan fingerprint density at radius 1 is 1.47 bits per heavy atom. The van der Waals surface area contributed by atoms with Gasteiger partial charge in [0.2, 0.25) is 0 Å². The number of halogens is 3. The molecule has 0 aliphatic heterocycles. The lowest BCUT2D eigenvalue weighted by Gasteiger charge is -2.06. The highest BCUT2D eigenvalue weighted by Crippen LogP contribution is 2.24. The highest BCUT2D eigenvalue weighted by molar-refractivity contribution is 9.10. The van der Waals surface area contributed by atoms with Crippen LogP contribution in [0.2, 0.25) is 0 Å². The first kappa shape index (κ1) is 12.5. The fraction of sp³-hybridized carbons (Fsp3) is 0.273. The Labute approximate surface area is 112 Å². The number of nitrogens with zero attached hydrogens (tertiary/aromatic N) is 3. The highest BCUT2D eigenvalue weighted by atomic mass is 79.9. The van der Waals surface area contributed by atoms with Gasteiger partial charge in [-0.25, -0.2) is 9.07 Å². The van der Waals surface area contributed by atoms with E-state index >= 15 is 0 Å². The maximum Gasteiger partial charge on any atom is 0.137 e. The van der Waals surface area contributed by atoms with E-state index in [2.05, 4.69) is 26.2 Å². The van der Waals surface area contributed by atoms with Crippen molar-refractivity contribution >= 4 is 27.5 Å². The molecule has 17 heavy (non-hydrogen) atoms. The van der Waals surface area contributed by atoms with Gasteiger partial charge in [0.05, 0.1) is 21.7 Å². The topological polar surface area (TPSA) is 30.7 Å². The molecule has 1 atom stereocenters. The Hall–Kier alpha value is -0.940. The predicted octanol–water partition coefficient (Wildman–Crippen LogP) is 3.78. The monoisotopic (exact) mass is 317 g/mol. The number of hydrogen-bond donors (Lipinski definition) is 0. The van der Waals surface area contributed by atoms with Crippen molar-refractivity contribution in [3.05, 3.63) is 39.9 Å². The lowest BCUT2D eigenvalue weighted by Crippen LogP contribution is -1.99. The summed E-state index contributed by atoms with van der Waals surface area (Å²) in [7, 11) is 0. The van der Waals surface area contributed by atoms with Gasteiger partial charge in [0, 0.05) is 0 Å². The second kappa shape index (κ2) is 4.74. The molecule has 0 amide bonds. The van der Waals surface area contributed by atoms with Crippen molar-refractivity contribution in [1.82, 2.24) is 15.0 Å². The number of aryl methyl sites for hydroxylation is 1. The number of hydrogen-bond acceptors (Lipinski definition) is 2. The fourth-order valence-electron chi connectivity index (χ4n) is 1.46. The van der Waals surface area contributed by atoms with Gasteiger partial charge in [0.1, 0.15) is 11.5 Å². The van der Waals surface area contributed by atoms with Crippen LogP contribution in [0.25, 0.3) is 5.69 Å². The number of rotatable bonds is 2. The number of alkyl halides is 1. The standard InChI is InChI=1S/C11H10BrClFN3/c1-6-3-9(14)8(12)4-11(6)17-5-10(7(2)13)15-16-17/h3-5,7H,1-2H3. The van der Waals surface area contributed by atoms with Crippen LogP contribution in [0.5, 0.6) is 0 Å². The van der Waals surface area contributed by atoms with E-state index in [1.807, 2.05) is 13.8 Å². The lowest BCUT2D eigenvalue weighted by atomic mass is 10.2. The third-order valence-corrected chi connectivity index (χ3v) is 3.24. The second-order valence-corrected chi connectivity index (χ2v) is 5.27. The van der Waals surface area contributed by atoms with Crippen LogP contribution in [0.15, 0.2) is 22.8 Å². The van der Waals surface area contributed by atoms with Crippen LogP contribution in [-0.4, -0.2) is 15.0 Å². The van der Waals surface area contributed by atoms with E-state index in [-0.39, 0.29) is 11.2 Å². The SMILES string of the molecule is Cc1cc(F)c(Br)cc1-n1cc(C(C)Cl)nn1. The van der Waals surface area contributed by atoms with Crippen molar-refractivity contribution in [3.63, 3.8) is 0 Å². The molecule has 0 aliphatic rings. The van der Waals surface area contributed by atoms with Crippen molar-refractivity contribution in [3.8, 4) is 5.69 Å². The molecule has 6 heteroatoms. The molecule has 1 heterocycles. The molecule has 0 saturated carbocycles. The summed E-state index contributed by atoms with van der Waals surface area (Å²) >= 11 is 9.07. The van der Waals surface area contributed by atoms with Crippen LogP contribution in [0, 0.1) is 12.7 Å². The molecule has 90 valence electrons. The largest absolute Gasteiger partial charge is 0.220 e. The van der Waals surface area contributed by atoms with E-state index in [9.17, 15) is 4.39 Å². The summed E-state index contributed by atoms with van der Waals surface area (Å²) in [6.45, 7) is 3.64. The van der Waals surface area contributed by atoms with Crippen LogP contribution >= 0.6 is 27.5 Å². The zero-order valence-electron chi connectivity index (χ0n) is 9.28. The normalized spacial score (nSPS) is 12.8. The Morgan fingerprint density at radius 2 is 2.18 bits per heavy atom. The van der Waals surface area contributed by atoms with Crippen LogP contribution in [0.4, 0.5) is 4.39 Å². The molecule has 1 aromatic carbocycles. The Bertz CT molecular complexity index is 554. The van der Waals surface area contributed by atoms with Gasteiger partial charge in [0.25, 0.3) is 0 Å². The van der Waals surface area contributed by atoms with E-state index in [1.54, 1.807) is 16.9 Å². The van der Waals surface area contributed by atoms with E-state index in [0.29, 0.717) is 10.2 Å². The lowest BCUT2D eigenvalue weighted by molar-refractivity contribution is 0.618. The molecule has 0 N–H and O–H groups in total. The third kappa shape index (κ3) is 2.50. The molecule has 2 rings (SSSR count).